The lowest BCUT2D eigenvalue weighted by molar-refractivity contribution is -0.142. The third kappa shape index (κ3) is 4.96. The molecule has 1 saturated heterocycles. The lowest BCUT2D eigenvalue weighted by Gasteiger charge is -2.35. The molecular weight excluding hydrogens is 412 g/mol. The first-order valence-corrected chi connectivity index (χ1v) is 10.7. The van der Waals surface area contributed by atoms with E-state index >= 15 is 0 Å². The number of benzene rings is 2. The van der Waals surface area contributed by atoms with Crippen molar-refractivity contribution in [3.63, 3.8) is 0 Å². The molecule has 2 aliphatic heterocycles. The predicted octanol–water partition coefficient (Wildman–Crippen LogP) is 2.14. The maximum atomic E-state index is 13.0. The van der Waals surface area contributed by atoms with Crippen LogP contribution in [0.25, 0.3) is 0 Å². The fraction of sp³-hybridized carbons (Fsp3) is 0.417. The number of hydrogen-bond donors (Lipinski definition) is 0. The van der Waals surface area contributed by atoms with E-state index in [4.69, 9.17) is 14.2 Å². The standard InChI is InChI=1S/C24H28N2O6/c1-29-22-14-19(4-6-21(22)32-16-23(27)30-2)24(28)26-10-8-25(9-11-26)15-17-3-5-20-18(13-17)7-12-31-20/h3-6,13-14H,7-12,15-16H2,1-2H3. The summed E-state index contributed by atoms with van der Waals surface area (Å²) in [6, 6.07) is 11.4. The highest BCUT2D eigenvalue weighted by atomic mass is 16.6. The van der Waals surface area contributed by atoms with Gasteiger partial charge in [-0.05, 0) is 35.4 Å². The number of nitrogens with zero attached hydrogens (tertiary/aromatic N) is 2. The summed E-state index contributed by atoms with van der Waals surface area (Å²) < 4.78 is 20.9. The molecule has 8 heteroatoms. The van der Waals surface area contributed by atoms with Gasteiger partial charge in [-0.2, -0.15) is 0 Å². The van der Waals surface area contributed by atoms with Crippen LogP contribution in [0.3, 0.4) is 0 Å². The Morgan fingerprint density at radius 3 is 2.56 bits per heavy atom. The first-order valence-electron chi connectivity index (χ1n) is 10.7. The van der Waals surface area contributed by atoms with E-state index in [0.29, 0.717) is 30.2 Å². The van der Waals surface area contributed by atoms with Gasteiger partial charge in [0.2, 0.25) is 0 Å². The van der Waals surface area contributed by atoms with E-state index in [1.54, 1.807) is 18.2 Å². The van der Waals surface area contributed by atoms with Crippen LogP contribution in [0, 0.1) is 0 Å². The Kier molecular flexibility index (Phi) is 6.80. The second kappa shape index (κ2) is 9.91. The van der Waals surface area contributed by atoms with Gasteiger partial charge in [0.1, 0.15) is 5.75 Å². The molecule has 1 amide bonds. The van der Waals surface area contributed by atoms with E-state index in [2.05, 4.69) is 27.8 Å². The van der Waals surface area contributed by atoms with Crippen LogP contribution in [0.1, 0.15) is 21.5 Å². The third-order valence-electron chi connectivity index (χ3n) is 5.80. The van der Waals surface area contributed by atoms with Crippen LogP contribution in [-0.2, 0) is 22.5 Å². The van der Waals surface area contributed by atoms with Gasteiger partial charge in [-0.25, -0.2) is 4.79 Å². The number of carbonyl (C=O) groups excluding carboxylic acids is 2. The first-order chi connectivity index (χ1) is 15.6. The molecule has 8 nitrogen and oxygen atoms in total. The number of hydrogen-bond acceptors (Lipinski definition) is 7. The Bertz CT molecular complexity index is 984. The van der Waals surface area contributed by atoms with Crippen LogP contribution >= 0.6 is 0 Å². The molecule has 0 saturated carbocycles. The summed E-state index contributed by atoms with van der Waals surface area (Å²) in [4.78, 5) is 28.5. The molecule has 2 aromatic rings. The number of fused-ring (bicyclic) bond motifs is 1. The van der Waals surface area contributed by atoms with Gasteiger partial charge in [0, 0.05) is 44.7 Å². The predicted molar refractivity (Wildman–Crippen MR) is 117 cm³/mol. The molecular formula is C24H28N2O6. The third-order valence-corrected chi connectivity index (χ3v) is 5.80. The van der Waals surface area contributed by atoms with Crippen molar-refractivity contribution in [2.45, 2.75) is 13.0 Å². The summed E-state index contributed by atoms with van der Waals surface area (Å²) in [5.74, 6) is 1.26. The van der Waals surface area contributed by atoms with Gasteiger partial charge in [-0.1, -0.05) is 12.1 Å². The summed E-state index contributed by atoms with van der Waals surface area (Å²) in [5, 5.41) is 0. The minimum atomic E-state index is -0.488. The zero-order valence-corrected chi connectivity index (χ0v) is 18.5. The molecule has 0 aliphatic carbocycles. The number of esters is 1. The fourth-order valence-corrected chi connectivity index (χ4v) is 4.00. The largest absolute Gasteiger partial charge is 0.493 e. The molecule has 4 rings (SSSR count). The maximum Gasteiger partial charge on any atom is 0.343 e. The van der Waals surface area contributed by atoms with Crippen molar-refractivity contribution >= 4 is 11.9 Å². The normalized spacial score (nSPS) is 15.6. The zero-order chi connectivity index (χ0) is 22.5. The Hall–Kier alpha value is -3.26. The quantitative estimate of drug-likeness (QED) is 0.611. The minimum Gasteiger partial charge on any atom is -0.493 e. The highest BCUT2D eigenvalue weighted by Gasteiger charge is 2.24. The van der Waals surface area contributed by atoms with E-state index in [9.17, 15) is 9.59 Å². The molecule has 170 valence electrons. The van der Waals surface area contributed by atoms with Gasteiger partial charge in [0.05, 0.1) is 20.8 Å². The smallest absolute Gasteiger partial charge is 0.343 e. The van der Waals surface area contributed by atoms with Crippen molar-refractivity contribution in [2.75, 3.05) is 53.6 Å². The van der Waals surface area contributed by atoms with Crippen molar-refractivity contribution in [1.82, 2.24) is 9.80 Å². The lowest BCUT2D eigenvalue weighted by atomic mass is 10.1. The number of piperazine rings is 1. The first kappa shape index (κ1) is 22.0. The summed E-state index contributed by atoms with van der Waals surface area (Å²) in [6.45, 7) is 4.37. The lowest BCUT2D eigenvalue weighted by Crippen LogP contribution is -2.48. The minimum absolute atomic E-state index is 0.0443. The summed E-state index contributed by atoms with van der Waals surface area (Å²) in [5.41, 5.74) is 3.09. The van der Waals surface area contributed by atoms with Gasteiger partial charge in [-0.15, -0.1) is 0 Å². The summed E-state index contributed by atoms with van der Waals surface area (Å²) >= 11 is 0. The van der Waals surface area contributed by atoms with Crippen LogP contribution in [0.5, 0.6) is 17.2 Å². The molecule has 0 unspecified atom stereocenters. The van der Waals surface area contributed by atoms with Gasteiger partial charge >= 0.3 is 5.97 Å². The second-order valence-corrected chi connectivity index (χ2v) is 7.84. The Morgan fingerprint density at radius 2 is 1.81 bits per heavy atom. The molecule has 32 heavy (non-hydrogen) atoms. The highest BCUT2D eigenvalue weighted by Crippen LogP contribution is 2.29. The molecule has 0 atom stereocenters. The molecule has 0 radical (unpaired) electrons. The Morgan fingerprint density at radius 1 is 1.00 bits per heavy atom. The second-order valence-electron chi connectivity index (χ2n) is 7.84. The van der Waals surface area contributed by atoms with Crippen molar-refractivity contribution in [2.24, 2.45) is 0 Å². The van der Waals surface area contributed by atoms with Crippen LogP contribution in [-0.4, -0.2) is 75.3 Å². The van der Waals surface area contributed by atoms with Crippen molar-refractivity contribution in [3.8, 4) is 17.2 Å². The van der Waals surface area contributed by atoms with Gasteiger partial charge in [-0.3, -0.25) is 9.69 Å². The summed E-state index contributed by atoms with van der Waals surface area (Å²) in [7, 11) is 2.80. The van der Waals surface area contributed by atoms with Crippen molar-refractivity contribution in [1.29, 1.82) is 0 Å². The molecule has 0 bridgehead atoms. The molecule has 2 aromatic carbocycles. The van der Waals surface area contributed by atoms with E-state index in [-0.39, 0.29) is 12.5 Å². The van der Waals surface area contributed by atoms with E-state index in [1.165, 1.54) is 25.3 Å². The van der Waals surface area contributed by atoms with Crippen LogP contribution in [0.4, 0.5) is 0 Å². The number of ether oxygens (including phenoxy) is 4. The average Bonchev–Trinajstić information content (AvgIpc) is 3.30. The summed E-state index contributed by atoms with van der Waals surface area (Å²) in [6.07, 6.45) is 0.974. The van der Waals surface area contributed by atoms with E-state index < -0.39 is 5.97 Å². The maximum absolute atomic E-state index is 13.0. The van der Waals surface area contributed by atoms with Gasteiger partial charge < -0.3 is 23.8 Å². The van der Waals surface area contributed by atoms with Crippen molar-refractivity contribution < 1.29 is 28.5 Å². The number of amides is 1. The molecule has 0 aromatic heterocycles. The zero-order valence-electron chi connectivity index (χ0n) is 18.5. The van der Waals surface area contributed by atoms with E-state index in [0.717, 1.165) is 38.4 Å². The molecule has 2 aliphatic rings. The SMILES string of the molecule is COC(=O)COc1ccc(C(=O)N2CCN(Cc3ccc4c(c3)CCO4)CC2)cc1OC. The monoisotopic (exact) mass is 440 g/mol. The van der Waals surface area contributed by atoms with Gasteiger partial charge in [0.15, 0.2) is 18.1 Å². The highest BCUT2D eigenvalue weighted by molar-refractivity contribution is 5.95. The van der Waals surface area contributed by atoms with E-state index in [1.807, 2.05) is 4.90 Å². The molecule has 1 fully saturated rings. The topological polar surface area (TPSA) is 77.5 Å². The number of methoxy groups -OCH3 is 2. The number of carbonyl (C=O) groups is 2. The van der Waals surface area contributed by atoms with Crippen LogP contribution in [0.15, 0.2) is 36.4 Å². The van der Waals surface area contributed by atoms with Crippen molar-refractivity contribution in [3.05, 3.63) is 53.1 Å². The Balaban J connectivity index is 1.33. The average molecular weight is 440 g/mol. The van der Waals surface area contributed by atoms with Crippen LogP contribution in [0.2, 0.25) is 0 Å². The molecule has 2 heterocycles. The van der Waals surface area contributed by atoms with Crippen LogP contribution < -0.4 is 14.2 Å². The molecule has 0 N–H and O–H groups in total. The molecule has 0 spiro atoms. The Labute approximate surface area is 187 Å². The van der Waals surface area contributed by atoms with Gasteiger partial charge in [0.25, 0.3) is 5.91 Å². The number of rotatable bonds is 7. The fourth-order valence-electron chi connectivity index (χ4n) is 4.00.